The van der Waals surface area contributed by atoms with Crippen molar-refractivity contribution in [3.63, 3.8) is 0 Å². The van der Waals surface area contributed by atoms with Crippen LogP contribution in [0.3, 0.4) is 0 Å². The minimum absolute atomic E-state index is 0.333. The van der Waals surface area contributed by atoms with Gasteiger partial charge in [0.15, 0.2) is 0 Å². The lowest BCUT2D eigenvalue weighted by molar-refractivity contribution is -0.0188. The first-order valence-electron chi connectivity index (χ1n) is 9.24. The van der Waals surface area contributed by atoms with E-state index in [2.05, 4.69) is 4.72 Å². The third-order valence-electron chi connectivity index (χ3n) is 5.32. The standard InChI is InChI=1S/C17H36N2O4S/c1-4-5-11-19-24(22,23)17(2,3)16(21)15(20)14(18)12-13-9-7-6-8-10-13/h13-16,19-21H,4-12,18H2,1-3H3. The Balaban J connectivity index is 2.68. The van der Waals surface area contributed by atoms with Gasteiger partial charge in [0.1, 0.15) is 10.9 Å². The van der Waals surface area contributed by atoms with Crippen molar-refractivity contribution in [3.05, 3.63) is 0 Å². The topological polar surface area (TPSA) is 113 Å². The fourth-order valence-corrected chi connectivity index (χ4v) is 4.56. The van der Waals surface area contributed by atoms with Crippen molar-refractivity contribution >= 4 is 10.0 Å². The molecule has 0 aromatic rings. The summed E-state index contributed by atoms with van der Waals surface area (Å²) >= 11 is 0. The van der Waals surface area contributed by atoms with Crippen molar-refractivity contribution in [2.75, 3.05) is 6.54 Å². The summed E-state index contributed by atoms with van der Waals surface area (Å²) in [7, 11) is -3.76. The molecule has 3 atom stereocenters. The van der Waals surface area contributed by atoms with E-state index in [1.807, 2.05) is 6.92 Å². The van der Waals surface area contributed by atoms with Gasteiger partial charge in [0, 0.05) is 12.6 Å². The highest BCUT2D eigenvalue weighted by atomic mass is 32.2. The predicted molar refractivity (Wildman–Crippen MR) is 97.1 cm³/mol. The molecule has 1 saturated carbocycles. The van der Waals surface area contributed by atoms with Crippen LogP contribution in [0.25, 0.3) is 0 Å². The molecule has 6 nitrogen and oxygen atoms in total. The number of aliphatic hydroxyl groups is 2. The van der Waals surface area contributed by atoms with Crippen molar-refractivity contribution in [2.24, 2.45) is 11.7 Å². The largest absolute Gasteiger partial charge is 0.389 e. The summed E-state index contributed by atoms with van der Waals surface area (Å²) in [6.07, 6.45) is 5.32. The van der Waals surface area contributed by atoms with Crippen LogP contribution in [0.2, 0.25) is 0 Å². The first-order valence-corrected chi connectivity index (χ1v) is 10.7. The summed E-state index contributed by atoms with van der Waals surface area (Å²) in [5.41, 5.74) is 6.09. The molecule has 24 heavy (non-hydrogen) atoms. The van der Waals surface area contributed by atoms with Crippen LogP contribution >= 0.6 is 0 Å². The van der Waals surface area contributed by atoms with E-state index in [0.29, 0.717) is 18.9 Å². The second kappa shape index (κ2) is 9.48. The highest BCUT2D eigenvalue weighted by Crippen LogP contribution is 2.30. The van der Waals surface area contributed by atoms with Crippen LogP contribution in [0, 0.1) is 5.92 Å². The van der Waals surface area contributed by atoms with E-state index in [1.165, 1.54) is 33.1 Å². The molecular weight excluding hydrogens is 328 g/mol. The lowest BCUT2D eigenvalue weighted by atomic mass is 9.82. The van der Waals surface area contributed by atoms with Gasteiger partial charge in [-0.25, -0.2) is 13.1 Å². The summed E-state index contributed by atoms with van der Waals surface area (Å²) in [6, 6.07) is -0.617. The first-order chi connectivity index (χ1) is 11.1. The molecule has 144 valence electrons. The van der Waals surface area contributed by atoms with Crippen LogP contribution in [-0.4, -0.2) is 48.2 Å². The Labute approximate surface area is 147 Å². The van der Waals surface area contributed by atoms with Crippen LogP contribution in [0.4, 0.5) is 0 Å². The van der Waals surface area contributed by atoms with Crippen LogP contribution in [0.5, 0.6) is 0 Å². The molecule has 0 amide bonds. The van der Waals surface area contributed by atoms with Crippen molar-refractivity contribution in [3.8, 4) is 0 Å². The molecule has 0 bridgehead atoms. The Morgan fingerprint density at radius 2 is 1.79 bits per heavy atom. The molecule has 0 radical (unpaired) electrons. The Bertz CT molecular complexity index is 461. The number of aliphatic hydroxyl groups excluding tert-OH is 2. The summed E-state index contributed by atoms with van der Waals surface area (Å²) in [6.45, 7) is 5.17. The van der Waals surface area contributed by atoms with E-state index in [0.717, 1.165) is 25.7 Å². The Morgan fingerprint density at radius 3 is 2.33 bits per heavy atom. The lowest BCUT2D eigenvalue weighted by Gasteiger charge is -2.36. The normalized spacial score (nSPS) is 21.4. The zero-order valence-electron chi connectivity index (χ0n) is 15.4. The zero-order valence-corrected chi connectivity index (χ0v) is 16.2. The number of unbranched alkanes of at least 4 members (excludes halogenated alkanes) is 1. The van der Waals surface area contributed by atoms with Crippen LogP contribution in [-0.2, 0) is 10.0 Å². The van der Waals surface area contributed by atoms with Gasteiger partial charge in [-0.2, -0.15) is 0 Å². The Morgan fingerprint density at radius 1 is 1.21 bits per heavy atom. The SMILES string of the molecule is CCCCNS(=O)(=O)C(C)(C)C(O)C(O)C(N)CC1CCCCC1. The van der Waals surface area contributed by atoms with Gasteiger partial charge in [-0.1, -0.05) is 45.4 Å². The van der Waals surface area contributed by atoms with Gasteiger partial charge in [0.05, 0.1) is 6.10 Å². The van der Waals surface area contributed by atoms with Crippen molar-refractivity contribution in [2.45, 2.75) is 95.1 Å². The van der Waals surface area contributed by atoms with Crippen molar-refractivity contribution in [1.82, 2.24) is 4.72 Å². The fourth-order valence-electron chi connectivity index (χ4n) is 3.32. The maximum atomic E-state index is 12.5. The summed E-state index contributed by atoms with van der Waals surface area (Å²) in [5, 5.41) is 20.9. The molecule has 1 aliphatic carbocycles. The number of sulfonamides is 1. The molecule has 3 unspecified atom stereocenters. The molecule has 1 aliphatic rings. The average molecular weight is 365 g/mol. The van der Waals surface area contributed by atoms with E-state index >= 15 is 0 Å². The molecule has 5 N–H and O–H groups in total. The third-order valence-corrected chi connectivity index (χ3v) is 7.53. The Kier molecular flexibility index (Phi) is 8.62. The van der Waals surface area contributed by atoms with Gasteiger partial charge in [0.25, 0.3) is 0 Å². The minimum Gasteiger partial charge on any atom is -0.389 e. The maximum absolute atomic E-state index is 12.5. The van der Waals surface area contributed by atoms with Crippen LogP contribution in [0.1, 0.15) is 72.1 Å². The molecule has 1 fully saturated rings. The van der Waals surface area contributed by atoms with Crippen molar-refractivity contribution in [1.29, 1.82) is 0 Å². The fraction of sp³-hybridized carbons (Fsp3) is 1.00. The zero-order chi connectivity index (χ0) is 18.4. The lowest BCUT2D eigenvalue weighted by Crippen LogP contribution is -2.58. The molecule has 1 rings (SSSR count). The minimum atomic E-state index is -3.76. The van der Waals surface area contributed by atoms with E-state index in [4.69, 9.17) is 5.73 Å². The van der Waals surface area contributed by atoms with Gasteiger partial charge >= 0.3 is 0 Å². The van der Waals surface area contributed by atoms with Gasteiger partial charge < -0.3 is 15.9 Å². The van der Waals surface area contributed by atoms with Crippen molar-refractivity contribution < 1.29 is 18.6 Å². The highest BCUT2D eigenvalue weighted by molar-refractivity contribution is 7.90. The predicted octanol–water partition coefficient (Wildman–Crippen LogP) is 1.50. The average Bonchev–Trinajstić information content (AvgIpc) is 2.54. The van der Waals surface area contributed by atoms with Crippen LogP contribution in [0.15, 0.2) is 0 Å². The monoisotopic (exact) mass is 364 g/mol. The second-order valence-corrected chi connectivity index (χ2v) is 10.0. The highest BCUT2D eigenvalue weighted by Gasteiger charge is 2.46. The second-order valence-electron chi connectivity index (χ2n) is 7.69. The molecule has 0 aromatic heterocycles. The van der Waals surface area contributed by atoms with E-state index in [1.54, 1.807) is 0 Å². The van der Waals surface area contributed by atoms with E-state index in [-0.39, 0.29) is 0 Å². The molecule has 0 aromatic carbocycles. The smallest absolute Gasteiger partial charge is 0.219 e. The van der Waals surface area contributed by atoms with Gasteiger partial charge in [-0.15, -0.1) is 0 Å². The Hall–Kier alpha value is -0.210. The summed E-state index contributed by atoms with van der Waals surface area (Å²) in [5.74, 6) is 0.456. The molecule has 0 spiro atoms. The number of hydrogen-bond donors (Lipinski definition) is 4. The number of nitrogens with two attached hydrogens (primary N) is 1. The quantitative estimate of drug-likeness (QED) is 0.439. The summed E-state index contributed by atoms with van der Waals surface area (Å²) in [4.78, 5) is 0. The first kappa shape index (κ1) is 21.8. The molecule has 0 saturated heterocycles. The van der Waals surface area contributed by atoms with Gasteiger partial charge in [-0.3, -0.25) is 0 Å². The van der Waals surface area contributed by atoms with E-state index < -0.39 is 33.0 Å². The number of hydrogen-bond acceptors (Lipinski definition) is 5. The molecule has 7 heteroatoms. The van der Waals surface area contributed by atoms with Crippen LogP contribution < -0.4 is 10.5 Å². The van der Waals surface area contributed by atoms with Gasteiger partial charge in [-0.05, 0) is 32.6 Å². The third kappa shape index (κ3) is 5.66. The molecular formula is C17H36N2O4S. The molecule has 0 heterocycles. The van der Waals surface area contributed by atoms with E-state index in [9.17, 15) is 18.6 Å². The summed E-state index contributed by atoms with van der Waals surface area (Å²) < 4.78 is 25.9. The molecule has 0 aliphatic heterocycles. The maximum Gasteiger partial charge on any atom is 0.219 e. The number of nitrogens with one attached hydrogen (secondary N) is 1. The number of rotatable bonds is 10. The van der Waals surface area contributed by atoms with Gasteiger partial charge in [0.2, 0.25) is 10.0 Å².